The Morgan fingerprint density at radius 2 is 1.66 bits per heavy atom. The van der Waals surface area contributed by atoms with Gasteiger partial charge in [0, 0.05) is 29.6 Å². The third-order valence-corrected chi connectivity index (χ3v) is 5.72. The molecule has 0 bridgehead atoms. The van der Waals surface area contributed by atoms with Crippen molar-refractivity contribution >= 4 is 11.0 Å². The molecule has 3 heterocycles. The van der Waals surface area contributed by atoms with Crippen LogP contribution in [0.2, 0.25) is 0 Å². The van der Waals surface area contributed by atoms with Crippen LogP contribution in [0.25, 0.3) is 33.7 Å². The van der Waals surface area contributed by atoms with E-state index in [1.54, 1.807) is 12.4 Å². The monoisotopic (exact) mass is 438 g/mol. The summed E-state index contributed by atoms with van der Waals surface area (Å²) in [4.78, 5) is 16.2. The number of hydrogen-bond donors (Lipinski definition) is 1. The van der Waals surface area contributed by atoms with Crippen molar-refractivity contribution in [1.82, 2.24) is 19.9 Å². The molecular weight excluding hydrogens is 417 g/mol. The van der Waals surface area contributed by atoms with E-state index in [0.717, 1.165) is 36.2 Å². The normalized spacial score (nSPS) is 15.2. The van der Waals surface area contributed by atoms with Crippen molar-refractivity contribution in [3.05, 3.63) is 60.4 Å². The van der Waals surface area contributed by atoms with E-state index in [1.165, 1.54) is 25.3 Å². The lowest BCUT2D eigenvalue weighted by molar-refractivity contribution is -0.137. The van der Waals surface area contributed by atoms with Gasteiger partial charge in [0.1, 0.15) is 11.9 Å². The molecule has 0 atom stereocenters. The van der Waals surface area contributed by atoms with E-state index in [2.05, 4.69) is 19.9 Å². The maximum Gasteiger partial charge on any atom is 0.416 e. The zero-order chi connectivity index (χ0) is 22.1. The maximum absolute atomic E-state index is 12.9. The molecule has 8 heteroatoms. The quantitative estimate of drug-likeness (QED) is 0.399. The smallest absolute Gasteiger partial charge is 0.416 e. The molecule has 0 aliphatic heterocycles. The fraction of sp³-hybridized carbons (Fsp3) is 0.292. The van der Waals surface area contributed by atoms with E-state index < -0.39 is 11.7 Å². The largest absolute Gasteiger partial charge is 0.474 e. The predicted molar refractivity (Wildman–Crippen MR) is 115 cm³/mol. The van der Waals surface area contributed by atoms with Crippen molar-refractivity contribution in [2.24, 2.45) is 0 Å². The minimum atomic E-state index is -4.40. The number of imidazole rings is 1. The molecule has 5 nitrogen and oxygen atoms in total. The molecule has 0 spiro atoms. The Hall–Kier alpha value is -3.42. The Balaban J connectivity index is 1.32. The number of hydrogen-bond acceptors (Lipinski definition) is 4. The van der Waals surface area contributed by atoms with Crippen LogP contribution in [0.5, 0.6) is 5.88 Å². The lowest BCUT2D eigenvalue weighted by atomic mass is 9.98. The van der Waals surface area contributed by atoms with Crippen molar-refractivity contribution in [2.75, 3.05) is 0 Å². The molecule has 0 amide bonds. The van der Waals surface area contributed by atoms with E-state index in [4.69, 9.17) is 4.74 Å². The van der Waals surface area contributed by atoms with Gasteiger partial charge in [0.15, 0.2) is 0 Å². The number of pyridine rings is 2. The topological polar surface area (TPSA) is 63.7 Å². The van der Waals surface area contributed by atoms with Gasteiger partial charge in [-0.2, -0.15) is 13.2 Å². The van der Waals surface area contributed by atoms with Crippen LogP contribution in [0.15, 0.2) is 54.9 Å². The molecule has 1 N–H and O–H groups in total. The summed E-state index contributed by atoms with van der Waals surface area (Å²) in [5.74, 6) is 1.09. The number of nitrogens with zero attached hydrogens (tertiary/aromatic N) is 3. The minimum absolute atomic E-state index is 0.246. The van der Waals surface area contributed by atoms with Gasteiger partial charge in [-0.25, -0.2) is 9.97 Å². The van der Waals surface area contributed by atoms with Crippen molar-refractivity contribution < 1.29 is 17.9 Å². The molecule has 3 aromatic heterocycles. The molecule has 1 aliphatic rings. The van der Waals surface area contributed by atoms with E-state index in [-0.39, 0.29) is 6.10 Å². The number of halogens is 3. The van der Waals surface area contributed by atoms with Gasteiger partial charge in [-0.05, 0) is 62.1 Å². The summed E-state index contributed by atoms with van der Waals surface area (Å²) in [5, 5.41) is 0. The first-order valence-electron chi connectivity index (χ1n) is 10.6. The summed E-state index contributed by atoms with van der Waals surface area (Å²) in [6.07, 6.45) is 5.06. The van der Waals surface area contributed by atoms with Crippen molar-refractivity contribution in [3.63, 3.8) is 0 Å². The lowest BCUT2D eigenvalue weighted by Crippen LogP contribution is -2.20. The molecule has 164 valence electrons. The number of rotatable bonds is 4. The van der Waals surface area contributed by atoms with Crippen LogP contribution in [0.4, 0.5) is 13.2 Å². The summed E-state index contributed by atoms with van der Waals surface area (Å²) in [6.45, 7) is 0. The molecule has 0 saturated heterocycles. The molecule has 1 aromatic carbocycles. The van der Waals surface area contributed by atoms with Gasteiger partial charge >= 0.3 is 6.18 Å². The van der Waals surface area contributed by atoms with Gasteiger partial charge in [-0.1, -0.05) is 6.42 Å². The summed E-state index contributed by atoms with van der Waals surface area (Å²) in [6, 6.07) is 10.9. The standard InChI is InChI=1S/C24H21F3N4O/c25-24(26,27)17-8-10-20-21(12-17)31-23(30-20)16-6-9-19(28-14-16)15-7-11-22(29-13-15)32-18-4-2-1-3-5-18/h6-14,18H,1-5H2,(H,30,31). The maximum atomic E-state index is 12.9. The first kappa shape index (κ1) is 20.5. The first-order chi connectivity index (χ1) is 15.5. The SMILES string of the molecule is FC(F)(F)c1ccc2nc(-c3ccc(-c4ccc(OC5CCCCC5)nc4)nc3)[nH]c2c1. The molecule has 5 rings (SSSR count). The Morgan fingerprint density at radius 3 is 2.34 bits per heavy atom. The van der Waals surface area contributed by atoms with Crippen LogP contribution in [0.1, 0.15) is 37.7 Å². The van der Waals surface area contributed by atoms with E-state index >= 15 is 0 Å². The molecule has 1 aliphatic carbocycles. The lowest BCUT2D eigenvalue weighted by Gasteiger charge is -2.22. The second-order valence-corrected chi connectivity index (χ2v) is 8.01. The van der Waals surface area contributed by atoms with Crippen LogP contribution < -0.4 is 4.74 Å². The molecule has 4 aromatic rings. The highest BCUT2D eigenvalue weighted by Gasteiger charge is 2.30. The highest BCUT2D eigenvalue weighted by atomic mass is 19.4. The Bertz CT molecular complexity index is 1210. The van der Waals surface area contributed by atoms with Crippen molar-refractivity contribution in [2.45, 2.75) is 44.4 Å². The fourth-order valence-corrected chi connectivity index (χ4v) is 3.98. The fourth-order valence-electron chi connectivity index (χ4n) is 3.98. The predicted octanol–water partition coefficient (Wildman–Crippen LogP) is 6.42. The van der Waals surface area contributed by atoms with Crippen molar-refractivity contribution in [3.8, 4) is 28.5 Å². The van der Waals surface area contributed by atoms with Gasteiger partial charge in [0.05, 0.1) is 22.3 Å². The molecule has 1 fully saturated rings. The molecule has 0 unspecified atom stereocenters. The zero-order valence-corrected chi connectivity index (χ0v) is 17.2. The Labute approximate surface area is 182 Å². The minimum Gasteiger partial charge on any atom is -0.474 e. The number of H-pyrrole nitrogens is 1. The summed E-state index contributed by atoms with van der Waals surface area (Å²) >= 11 is 0. The summed E-state index contributed by atoms with van der Waals surface area (Å²) < 4.78 is 44.8. The van der Waals surface area contributed by atoms with E-state index in [0.29, 0.717) is 28.3 Å². The number of fused-ring (bicyclic) bond motifs is 1. The third-order valence-electron chi connectivity index (χ3n) is 5.72. The van der Waals surface area contributed by atoms with Crippen LogP contribution in [0, 0.1) is 0 Å². The first-order valence-corrected chi connectivity index (χ1v) is 10.6. The molecular formula is C24H21F3N4O. The highest BCUT2D eigenvalue weighted by Crippen LogP contribution is 2.32. The number of ether oxygens (including phenoxy) is 1. The summed E-state index contributed by atoms with van der Waals surface area (Å²) in [7, 11) is 0. The Kier molecular flexibility index (Phi) is 5.28. The van der Waals surface area contributed by atoms with Gasteiger partial charge < -0.3 is 9.72 Å². The van der Waals surface area contributed by atoms with Crippen LogP contribution >= 0.6 is 0 Å². The highest BCUT2D eigenvalue weighted by molar-refractivity contribution is 5.80. The Morgan fingerprint density at radius 1 is 0.875 bits per heavy atom. The zero-order valence-electron chi connectivity index (χ0n) is 17.2. The average Bonchev–Trinajstić information content (AvgIpc) is 3.23. The number of nitrogens with one attached hydrogen (secondary N) is 1. The third kappa shape index (κ3) is 4.30. The number of aromatic nitrogens is 4. The molecule has 32 heavy (non-hydrogen) atoms. The van der Waals surface area contributed by atoms with Gasteiger partial charge in [-0.3, -0.25) is 4.98 Å². The van der Waals surface area contributed by atoms with Gasteiger partial charge in [0.2, 0.25) is 5.88 Å². The van der Waals surface area contributed by atoms with Gasteiger partial charge in [-0.15, -0.1) is 0 Å². The number of aromatic amines is 1. The average molecular weight is 438 g/mol. The van der Waals surface area contributed by atoms with Crippen LogP contribution in [0.3, 0.4) is 0 Å². The number of alkyl halides is 3. The molecule has 0 radical (unpaired) electrons. The molecule has 1 saturated carbocycles. The van der Waals surface area contributed by atoms with E-state index in [1.807, 2.05) is 24.3 Å². The van der Waals surface area contributed by atoms with Crippen LogP contribution in [-0.4, -0.2) is 26.0 Å². The van der Waals surface area contributed by atoms with E-state index in [9.17, 15) is 13.2 Å². The summed E-state index contributed by atoms with van der Waals surface area (Å²) in [5.41, 5.74) is 2.36. The second-order valence-electron chi connectivity index (χ2n) is 8.01. The van der Waals surface area contributed by atoms with Crippen LogP contribution in [-0.2, 0) is 6.18 Å². The number of benzene rings is 1. The van der Waals surface area contributed by atoms with Gasteiger partial charge in [0.25, 0.3) is 0 Å². The second kappa shape index (κ2) is 8.26. The van der Waals surface area contributed by atoms with Crippen molar-refractivity contribution in [1.29, 1.82) is 0 Å².